The van der Waals surface area contributed by atoms with Crippen LogP contribution in [0.1, 0.15) is 98.6 Å². The standard InChI is InChI=1S/C31H38N4O5/c1-5-26(30(38)39)40-28-22(31(2,3)4)14-20(15-24(28)34-12-10-21(36)11-13-34)25(37)17-35-16-19-8-9-23(18-6-7-18)33-27(19)29(35)32/h8-9,14-15,18,26,32H,5-7,10-13,16-17H2,1-4H3,(H,38,39). The number of carboxylic acids is 1. The fourth-order valence-electron chi connectivity index (χ4n) is 5.41. The molecule has 2 aromatic rings. The number of ketones is 2. The SMILES string of the molecule is CCC(Oc1c(N2CCC(=O)CC2)cc(C(=O)CN2Cc3ccc(C4CC4)nc3C2=N)cc1C(C)(C)C)C(=O)O. The predicted octanol–water partition coefficient (Wildman–Crippen LogP) is 4.69. The van der Waals surface area contributed by atoms with Crippen molar-refractivity contribution in [1.29, 1.82) is 5.41 Å². The van der Waals surface area contributed by atoms with Gasteiger partial charge in [-0.25, -0.2) is 9.78 Å². The Morgan fingerprint density at radius 2 is 1.88 bits per heavy atom. The zero-order valence-corrected chi connectivity index (χ0v) is 23.7. The van der Waals surface area contributed by atoms with Crippen LogP contribution in [0.3, 0.4) is 0 Å². The molecule has 1 atom stereocenters. The van der Waals surface area contributed by atoms with Crippen molar-refractivity contribution < 1.29 is 24.2 Å². The highest BCUT2D eigenvalue weighted by atomic mass is 16.5. The number of hydrogen-bond acceptors (Lipinski definition) is 7. The fourth-order valence-corrected chi connectivity index (χ4v) is 5.41. The van der Waals surface area contributed by atoms with Crippen LogP contribution in [0.15, 0.2) is 24.3 Å². The highest BCUT2D eigenvalue weighted by Crippen LogP contribution is 2.42. The number of piperidine rings is 1. The summed E-state index contributed by atoms with van der Waals surface area (Å²) in [6, 6.07) is 7.65. The van der Waals surface area contributed by atoms with Gasteiger partial charge in [0.25, 0.3) is 0 Å². The lowest BCUT2D eigenvalue weighted by molar-refractivity contribution is -0.145. The molecule has 3 aliphatic rings. The van der Waals surface area contributed by atoms with E-state index in [9.17, 15) is 19.5 Å². The lowest BCUT2D eigenvalue weighted by Crippen LogP contribution is -2.36. The van der Waals surface area contributed by atoms with Gasteiger partial charge in [-0.1, -0.05) is 33.8 Å². The van der Waals surface area contributed by atoms with E-state index in [-0.39, 0.29) is 30.4 Å². The minimum absolute atomic E-state index is 0.0301. The van der Waals surface area contributed by atoms with E-state index in [0.717, 1.165) is 29.7 Å². The summed E-state index contributed by atoms with van der Waals surface area (Å²) in [6.07, 6.45) is 2.29. The molecule has 40 heavy (non-hydrogen) atoms. The Labute approximate surface area is 235 Å². The molecule has 2 N–H and O–H groups in total. The van der Waals surface area contributed by atoms with Crippen molar-refractivity contribution in [3.63, 3.8) is 0 Å². The maximum Gasteiger partial charge on any atom is 0.344 e. The summed E-state index contributed by atoms with van der Waals surface area (Å²) in [6.45, 7) is 9.21. The van der Waals surface area contributed by atoms with Gasteiger partial charge in [0.05, 0.1) is 12.2 Å². The van der Waals surface area contributed by atoms with Gasteiger partial charge in [-0.15, -0.1) is 0 Å². The lowest BCUT2D eigenvalue weighted by atomic mass is 9.84. The van der Waals surface area contributed by atoms with Crippen molar-refractivity contribution in [2.24, 2.45) is 0 Å². The van der Waals surface area contributed by atoms with E-state index < -0.39 is 17.5 Å². The average Bonchev–Trinajstić information content (AvgIpc) is 3.71. The summed E-state index contributed by atoms with van der Waals surface area (Å²) >= 11 is 0. The Morgan fingerprint density at radius 1 is 1.18 bits per heavy atom. The first-order chi connectivity index (χ1) is 19.0. The Kier molecular flexibility index (Phi) is 7.42. The van der Waals surface area contributed by atoms with Gasteiger partial charge < -0.3 is 19.6 Å². The number of nitrogens with one attached hydrogen (secondary N) is 1. The summed E-state index contributed by atoms with van der Waals surface area (Å²) < 4.78 is 6.17. The van der Waals surface area contributed by atoms with Gasteiger partial charge in [-0.3, -0.25) is 15.0 Å². The zero-order valence-electron chi connectivity index (χ0n) is 23.7. The van der Waals surface area contributed by atoms with E-state index in [2.05, 4.69) is 0 Å². The van der Waals surface area contributed by atoms with Crippen LogP contribution in [-0.2, 0) is 21.5 Å². The van der Waals surface area contributed by atoms with Crippen LogP contribution in [-0.4, -0.2) is 64.1 Å². The number of hydrogen-bond donors (Lipinski definition) is 2. The topological polar surface area (TPSA) is 124 Å². The molecule has 9 nitrogen and oxygen atoms in total. The minimum Gasteiger partial charge on any atom is -0.479 e. The Bertz CT molecular complexity index is 1360. The number of benzene rings is 1. The maximum atomic E-state index is 13.8. The van der Waals surface area contributed by atoms with Crippen molar-refractivity contribution in [3.05, 3.63) is 52.3 Å². The number of carbonyl (C=O) groups is 3. The van der Waals surface area contributed by atoms with Crippen LogP contribution in [0, 0.1) is 5.41 Å². The number of fused-ring (bicyclic) bond motifs is 1. The molecule has 212 valence electrons. The summed E-state index contributed by atoms with van der Waals surface area (Å²) in [5.74, 6) is 0.200. The molecular weight excluding hydrogens is 508 g/mol. The average molecular weight is 547 g/mol. The summed E-state index contributed by atoms with van der Waals surface area (Å²) in [5.41, 5.74) is 4.04. The largest absolute Gasteiger partial charge is 0.479 e. The third kappa shape index (κ3) is 5.60. The first-order valence-corrected chi connectivity index (χ1v) is 14.2. The van der Waals surface area contributed by atoms with Gasteiger partial charge in [0.15, 0.2) is 11.9 Å². The fraction of sp³-hybridized carbons (Fsp3) is 0.516. The predicted molar refractivity (Wildman–Crippen MR) is 152 cm³/mol. The Morgan fingerprint density at radius 3 is 2.48 bits per heavy atom. The number of ether oxygens (including phenoxy) is 1. The van der Waals surface area contributed by atoms with Crippen LogP contribution < -0.4 is 9.64 Å². The quantitative estimate of drug-likeness (QED) is 0.434. The number of pyridine rings is 1. The summed E-state index contributed by atoms with van der Waals surface area (Å²) in [4.78, 5) is 46.2. The van der Waals surface area contributed by atoms with E-state index >= 15 is 0 Å². The molecule has 1 unspecified atom stereocenters. The van der Waals surface area contributed by atoms with Gasteiger partial charge in [0.2, 0.25) is 0 Å². The van der Waals surface area contributed by atoms with Crippen LogP contribution in [0.25, 0.3) is 0 Å². The summed E-state index contributed by atoms with van der Waals surface area (Å²) in [5, 5.41) is 18.5. The molecule has 0 spiro atoms. The smallest absolute Gasteiger partial charge is 0.344 e. The van der Waals surface area contributed by atoms with Crippen LogP contribution >= 0.6 is 0 Å². The lowest BCUT2D eigenvalue weighted by Gasteiger charge is -2.34. The monoisotopic (exact) mass is 546 g/mol. The van der Waals surface area contributed by atoms with E-state index in [1.54, 1.807) is 24.0 Å². The van der Waals surface area contributed by atoms with Crippen LogP contribution in [0.4, 0.5) is 5.69 Å². The molecule has 1 aliphatic carbocycles. The van der Waals surface area contributed by atoms with E-state index in [0.29, 0.717) is 61.1 Å². The van der Waals surface area contributed by atoms with Crippen LogP contribution in [0.2, 0.25) is 0 Å². The number of carboxylic acid groups (broad SMARTS) is 1. The molecule has 2 fully saturated rings. The number of amidine groups is 1. The van der Waals surface area contributed by atoms with E-state index in [1.807, 2.05) is 37.8 Å². The first kappa shape index (κ1) is 27.8. The number of anilines is 1. The van der Waals surface area contributed by atoms with Crippen molar-refractivity contribution >= 4 is 29.1 Å². The first-order valence-electron chi connectivity index (χ1n) is 14.2. The van der Waals surface area contributed by atoms with Crippen molar-refractivity contribution in [2.75, 3.05) is 24.5 Å². The van der Waals surface area contributed by atoms with Crippen molar-refractivity contribution in [1.82, 2.24) is 9.88 Å². The molecule has 5 rings (SSSR count). The number of carbonyl (C=O) groups excluding carboxylic acids is 2. The Balaban J connectivity index is 1.48. The second-order valence-corrected chi connectivity index (χ2v) is 12.1. The Hall–Kier alpha value is -3.75. The van der Waals surface area contributed by atoms with Gasteiger partial charge in [-0.2, -0.15) is 0 Å². The zero-order chi connectivity index (χ0) is 28.8. The highest BCUT2D eigenvalue weighted by molar-refractivity contribution is 6.05. The minimum atomic E-state index is -1.05. The second-order valence-electron chi connectivity index (χ2n) is 12.1. The molecule has 1 aromatic heterocycles. The molecule has 1 aromatic carbocycles. The van der Waals surface area contributed by atoms with Crippen LogP contribution in [0.5, 0.6) is 5.75 Å². The molecule has 0 radical (unpaired) electrons. The van der Waals surface area contributed by atoms with Crippen molar-refractivity contribution in [2.45, 2.75) is 83.8 Å². The molecule has 3 heterocycles. The number of nitrogens with zero attached hydrogens (tertiary/aromatic N) is 3. The maximum absolute atomic E-state index is 13.8. The molecule has 0 bridgehead atoms. The highest BCUT2D eigenvalue weighted by Gasteiger charge is 2.34. The molecule has 1 saturated heterocycles. The summed E-state index contributed by atoms with van der Waals surface area (Å²) in [7, 11) is 0. The van der Waals surface area contributed by atoms with Gasteiger partial charge >= 0.3 is 5.97 Å². The molecular formula is C31H38N4O5. The third-order valence-corrected chi connectivity index (χ3v) is 8.00. The number of Topliss-reactive ketones (excluding diaryl/α,β-unsaturated/α-hetero) is 2. The van der Waals surface area contributed by atoms with E-state index in [4.69, 9.17) is 15.1 Å². The number of aliphatic carboxylic acids is 1. The van der Waals surface area contributed by atoms with Gasteiger partial charge in [0, 0.05) is 60.8 Å². The molecule has 2 aliphatic heterocycles. The van der Waals surface area contributed by atoms with Gasteiger partial charge in [0.1, 0.15) is 23.1 Å². The third-order valence-electron chi connectivity index (χ3n) is 8.00. The number of rotatable bonds is 9. The normalized spacial score (nSPS) is 18.1. The van der Waals surface area contributed by atoms with Crippen molar-refractivity contribution in [3.8, 4) is 5.75 Å². The molecule has 9 heteroatoms. The number of aromatic nitrogens is 1. The molecule has 0 amide bonds. The molecule has 1 saturated carbocycles. The van der Waals surface area contributed by atoms with E-state index in [1.165, 1.54) is 0 Å². The van der Waals surface area contributed by atoms with Gasteiger partial charge in [-0.05, 0) is 42.9 Å². The second kappa shape index (κ2) is 10.7.